The van der Waals surface area contributed by atoms with Crippen LogP contribution in [0.1, 0.15) is 50.1 Å². The van der Waals surface area contributed by atoms with Gasteiger partial charge >= 0.3 is 0 Å². The molecule has 1 aromatic heterocycles. The molecule has 0 amide bonds. The molecular formula is C20H33N3O3. The lowest BCUT2D eigenvalue weighted by Gasteiger charge is -2.38. The first-order valence-corrected chi connectivity index (χ1v) is 10.4. The third kappa shape index (κ3) is 4.41. The van der Waals surface area contributed by atoms with Crippen LogP contribution in [-0.4, -0.2) is 66.8 Å². The van der Waals surface area contributed by atoms with Gasteiger partial charge in [0.05, 0.1) is 25.9 Å². The van der Waals surface area contributed by atoms with Gasteiger partial charge in [-0.2, -0.15) is 0 Å². The van der Waals surface area contributed by atoms with E-state index in [9.17, 15) is 0 Å². The number of morpholine rings is 1. The standard InChI is InChI=1S/C20H33N3O3/c1-16-14-23(21-20(16)26-15-17-6-10-24-11-7-17)19-4-2-18(3-5-19)22-8-12-25-13-9-22/h14,17-19H,2-13,15H2,1H3. The Balaban J connectivity index is 1.28. The van der Waals surface area contributed by atoms with Gasteiger partial charge in [-0.3, -0.25) is 9.58 Å². The molecule has 0 spiro atoms. The predicted octanol–water partition coefficient (Wildman–Crippen LogP) is 2.81. The minimum atomic E-state index is 0.520. The summed E-state index contributed by atoms with van der Waals surface area (Å²) >= 11 is 0. The number of hydrogen-bond acceptors (Lipinski definition) is 5. The second-order valence-corrected chi connectivity index (χ2v) is 8.07. The van der Waals surface area contributed by atoms with Crippen LogP contribution >= 0.6 is 0 Å². The number of aromatic nitrogens is 2. The molecule has 1 aliphatic carbocycles. The zero-order chi connectivity index (χ0) is 17.8. The summed E-state index contributed by atoms with van der Waals surface area (Å²) in [7, 11) is 0. The molecule has 2 saturated heterocycles. The summed E-state index contributed by atoms with van der Waals surface area (Å²) in [6.45, 7) is 8.60. The molecule has 0 bridgehead atoms. The topological polar surface area (TPSA) is 48.8 Å². The molecule has 4 rings (SSSR count). The fraction of sp³-hybridized carbons (Fsp3) is 0.850. The lowest BCUT2D eigenvalue weighted by molar-refractivity contribution is 0.00500. The number of aryl methyl sites for hydroxylation is 1. The van der Waals surface area contributed by atoms with Crippen molar-refractivity contribution in [3.8, 4) is 5.88 Å². The normalized spacial score (nSPS) is 29.0. The molecule has 0 aromatic carbocycles. The minimum absolute atomic E-state index is 0.520. The predicted molar refractivity (Wildman–Crippen MR) is 99.7 cm³/mol. The average Bonchev–Trinajstić information content (AvgIpc) is 3.09. The van der Waals surface area contributed by atoms with Gasteiger partial charge in [0.15, 0.2) is 0 Å². The Labute approximate surface area is 156 Å². The first-order chi connectivity index (χ1) is 12.8. The van der Waals surface area contributed by atoms with Crippen molar-refractivity contribution in [2.45, 2.75) is 57.5 Å². The molecule has 3 aliphatic rings. The molecule has 0 unspecified atom stereocenters. The van der Waals surface area contributed by atoms with Gasteiger partial charge in [0, 0.05) is 44.1 Å². The molecule has 1 saturated carbocycles. The summed E-state index contributed by atoms with van der Waals surface area (Å²) in [5.74, 6) is 1.43. The van der Waals surface area contributed by atoms with Crippen LogP contribution in [0.2, 0.25) is 0 Å². The molecule has 3 fully saturated rings. The van der Waals surface area contributed by atoms with Gasteiger partial charge in [-0.15, -0.1) is 5.10 Å². The first kappa shape index (κ1) is 18.3. The van der Waals surface area contributed by atoms with E-state index in [4.69, 9.17) is 19.3 Å². The maximum absolute atomic E-state index is 6.05. The lowest BCUT2D eigenvalue weighted by Crippen LogP contribution is -2.45. The number of rotatable bonds is 5. The zero-order valence-electron chi connectivity index (χ0n) is 16.1. The highest BCUT2D eigenvalue weighted by atomic mass is 16.5. The van der Waals surface area contributed by atoms with Crippen molar-refractivity contribution >= 4 is 0 Å². The molecule has 0 radical (unpaired) electrons. The van der Waals surface area contributed by atoms with E-state index in [1.807, 2.05) is 0 Å². The zero-order valence-corrected chi connectivity index (χ0v) is 16.1. The van der Waals surface area contributed by atoms with Crippen LogP contribution in [-0.2, 0) is 9.47 Å². The van der Waals surface area contributed by atoms with Gasteiger partial charge in [-0.1, -0.05) is 0 Å². The summed E-state index contributed by atoms with van der Waals surface area (Å²) in [4.78, 5) is 2.62. The van der Waals surface area contributed by atoms with Crippen LogP contribution in [0.25, 0.3) is 0 Å². The third-order valence-corrected chi connectivity index (χ3v) is 6.27. The molecule has 2 aliphatic heterocycles. The van der Waals surface area contributed by atoms with Crippen molar-refractivity contribution in [2.24, 2.45) is 5.92 Å². The molecule has 146 valence electrons. The lowest BCUT2D eigenvalue weighted by atomic mass is 9.90. The monoisotopic (exact) mass is 363 g/mol. The Morgan fingerprint density at radius 2 is 1.62 bits per heavy atom. The Kier molecular flexibility index (Phi) is 6.12. The van der Waals surface area contributed by atoms with Crippen molar-refractivity contribution < 1.29 is 14.2 Å². The van der Waals surface area contributed by atoms with Crippen molar-refractivity contribution in [1.82, 2.24) is 14.7 Å². The van der Waals surface area contributed by atoms with Gasteiger partial charge in [-0.05, 0) is 51.4 Å². The van der Waals surface area contributed by atoms with E-state index in [2.05, 4.69) is 22.7 Å². The number of hydrogen-bond donors (Lipinski definition) is 0. The van der Waals surface area contributed by atoms with E-state index in [-0.39, 0.29) is 0 Å². The molecule has 3 heterocycles. The van der Waals surface area contributed by atoms with Crippen molar-refractivity contribution in [2.75, 3.05) is 46.1 Å². The Hall–Kier alpha value is -1.11. The maximum atomic E-state index is 6.05. The van der Waals surface area contributed by atoms with Crippen LogP contribution < -0.4 is 4.74 Å². The Bertz CT molecular complexity index is 557. The summed E-state index contributed by atoms with van der Waals surface area (Å²) in [6, 6.07) is 1.25. The molecule has 0 atom stereocenters. The number of nitrogens with zero attached hydrogens (tertiary/aromatic N) is 3. The van der Waals surface area contributed by atoms with Gasteiger partial charge in [-0.25, -0.2) is 0 Å². The van der Waals surface area contributed by atoms with E-state index in [0.717, 1.165) is 76.5 Å². The molecular weight excluding hydrogens is 330 g/mol. The van der Waals surface area contributed by atoms with E-state index in [1.54, 1.807) is 0 Å². The molecule has 0 N–H and O–H groups in total. The summed E-state index contributed by atoms with van der Waals surface area (Å²) in [5, 5.41) is 4.79. The molecule has 26 heavy (non-hydrogen) atoms. The van der Waals surface area contributed by atoms with Crippen LogP contribution in [0.15, 0.2) is 6.20 Å². The highest BCUT2D eigenvalue weighted by Gasteiger charge is 2.28. The number of ether oxygens (including phenoxy) is 3. The third-order valence-electron chi connectivity index (χ3n) is 6.27. The van der Waals surface area contributed by atoms with E-state index >= 15 is 0 Å². The fourth-order valence-corrected chi connectivity index (χ4v) is 4.54. The van der Waals surface area contributed by atoms with Crippen LogP contribution in [0.3, 0.4) is 0 Å². The average molecular weight is 364 g/mol. The Morgan fingerprint density at radius 3 is 2.35 bits per heavy atom. The summed E-state index contributed by atoms with van der Waals surface area (Å²) in [5.41, 5.74) is 1.16. The minimum Gasteiger partial charge on any atom is -0.476 e. The van der Waals surface area contributed by atoms with Crippen LogP contribution in [0.5, 0.6) is 5.88 Å². The molecule has 6 heteroatoms. The van der Waals surface area contributed by atoms with Crippen molar-refractivity contribution in [3.05, 3.63) is 11.8 Å². The van der Waals surface area contributed by atoms with Gasteiger partial charge < -0.3 is 14.2 Å². The van der Waals surface area contributed by atoms with E-state index in [1.165, 1.54) is 25.7 Å². The second-order valence-electron chi connectivity index (χ2n) is 8.07. The maximum Gasteiger partial charge on any atom is 0.235 e. The first-order valence-electron chi connectivity index (χ1n) is 10.4. The quantitative estimate of drug-likeness (QED) is 0.805. The van der Waals surface area contributed by atoms with Gasteiger partial charge in [0.25, 0.3) is 0 Å². The Morgan fingerprint density at radius 1 is 0.962 bits per heavy atom. The largest absolute Gasteiger partial charge is 0.476 e. The molecule has 6 nitrogen and oxygen atoms in total. The molecule has 1 aromatic rings. The van der Waals surface area contributed by atoms with E-state index < -0.39 is 0 Å². The highest BCUT2D eigenvalue weighted by molar-refractivity contribution is 5.21. The van der Waals surface area contributed by atoms with Gasteiger partial charge in [0.2, 0.25) is 5.88 Å². The summed E-state index contributed by atoms with van der Waals surface area (Å²) in [6.07, 6.45) is 9.34. The summed E-state index contributed by atoms with van der Waals surface area (Å²) < 4.78 is 19.1. The highest BCUT2D eigenvalue weighted by Crippen LogP contribution is 2.32. The smallest absolute Gasteiger partial charge is 0.235 e. The van der Waals surface area contributed by atoms with Crippen molar-refractivity contribution in [1.29, 1.82) is 0 Å². The second kappa shape index (κ2) is 8.72. The fourth-order valence-electron chi connectivity index (χ4n) is 4.54. The van der Waals surface area contributed by atoms with Crippen LogP contribution in [0.4, 0.5) is 0 Å². The van der Waals surface area contributed by atoms with Crippen molar-refractivity contribution in [3.63, 3.8) is 0 Å². The SMILES string of the molecule is Cc1cn(C2CCC(N3CCOCC3)CC2)nc1OCC1CCOCC1. The van der Waals surface area contributed by atoms with E-state index in [0.29, 0.717) is 12.0 Å². The van der Waals surface area contributed by atoms with Crippen LogP contribution in [0, 0.1) is 12.8 Å². The van der Waals surface area contributed by atoms with Gasteiger partial charge in [0.1, 0.15) is 0 Å².